The smallest absolute Gasteiger partial charge is 0.246 e. The van der Waals surface area contributed by atoms with Crippen molar-refractivity contribution in [2.24, 2.45) is 7.05 Å². The maximum absolute atomic E-state index is 12.0. The van der Waals surface area contributed by atoms with Gasteiger partial charge >= 0.3 is 0 Å². The Morgan fingerprint density at radius 3 is 2.50 bits per heavy atom. The van der Waals surface area contributed by atoms with Gasteiger partial charge in [0.25, 0.3) is 0 Å². The summed E-state index contributed by atoms with van der Waals surface area (Å²) in [6.07, 6.45) is 2.08. The summed E-state index contributed by atoms with van der Waals surface area (Å²) in [4.78, 5) is 0.0246. The Hall–Kier alpha value is -1.08. The zero-order chi connectivity index (χ0) is 12.6. The maximum Gasteiger partial charge on any atom is 0.246 e. The highest BCUT2D eigenvalue weighted by Gasteiger charge is 2.27. The topological polar surface area (TPSA) is 90.0 Å². The summed E-state index contributed by atoms with van der Waals surface area (Å²) in [5.41, 5.74) is 5.04. The molecule has 0 radical (unpaired) electrons. The van der Waals surface area contributed by atoms with Crippen LogP contribution in [-0.4, -0.2) is 23.7 Å². The first-order valence-electron chi connectivity index (χ1n) is 5.01. The van der Waals surface area contributed by atoms with Crippen molar-refractivity contribution < 1.29 is 8.42 Å². The molecule has 1 aromatic rings. The lowest BCUT2D eigenvalue weighted by atomic mass is 10.0. The number of nitrogens with one attached hydrogen (secondary N) is 1. The Bertz CT molecular complexity index is 476. The van der Waals surface area contributed by atoms with E-state index >= 15 is 0 Å². The summed E-state index contributed by atoms with van der Waals surface area (Å²) < 4.78 is 28.0. The van der Waals surface area contributed by atoms with Gasteiger partial charge < -0.3 is 5.73 Å². The van der Waals surface area contributed by atoms with Crippen molar-refractivity contribution >= 4 is 15.8 Å². The average Bonchev–Trinajstić information content (AvgIpc) is 2.44. The van der Waals surface area contributed by atoms with Crippen LogP contribution >= 0.6 is 0 Å². The molecule has 0 unspecified atom stereocenters. The number of anilines is 1. The normalized spacial score (nSPS) is 13.0. The van der Waals surface area contributed by atoms with Gasteiger partial charge in [0.1, 0.15) is 4.90 Å². The highest BCUT2D eigenvalue weighted by molar-refractivity contribution is 7.89. The highest BCUT2D eigenvalue weighted by atomic mass is 32.2. The molecule has 0 bridgehead atoms. The average molecular weight is 246 g/mol. The monoisotopic (exact) mass is 246 g/mol. The molecule has 0 amide bonds. The zero-order valence-electron chi connectivity index (χ0n) is 9.98. The van der Waals surface area contributed by atoms with Crippen LogP contribution in [0, 0.1) is 0 Å². The molecular formula is C9H18N4O2S. The molecule has 0 aliphatic rings. The van der Waals surface area contributed by atoms with Crippen LogP contribution in [0.5, 0.6) is 0 Å². The first-order chi connectivity index (χ1) is 7.18. The summed E-state index contributed by atoms with van der Waals surface area (Å²) in [5.74, 6) is 0.0157. The minimum Gasteiger partial charge on any atom is -0.381 e. The van der Waals surface area contributed by atoms with Crippen molar-refractivity contribution in [3.05, 3.63) is 6.20 Å². The van der Waals surface area contributed by atoms with Gasteiger partial charge in [-0.25, -0.2) is 13.1 Å². The van der Waals surface area contributed by atoms with Gasteiger partial charge in [-0.15, -0.1) is 0 Å². The lowest BCUT2D eigenvalue weighted by Crippen LogP contribution is -2.42. The molecule has 16 heavy (non-hydrogen) atoms. The second kappa shape index (κ2) is 4.06. The Morgan fingerprint density at radius 1 is 1.56 bits per heavy atom. The van der Waals surface area contributed by atoms with E-state index in [0.717, 1.165) is 0 Å². The Morgan fingerprint density at radius 2 is 2.12 bits per heavy atom. The summed E-state index contributed by atoms with van der Waals surface area (Å²) >= 11 is 0. The molecule has 0 fully saturated rings. The number of aromatic nitrogens is 2. The number of hydrogen-bond acceptors (Lipinski definition) is 4. The molecule has 0 saturated heterocycles. The van der Waals surface area contributed by atoms with E-state index in [2.05, 4.69) is 9.82 Å². The molecule has 92 valence electrons. The molecule has 6 nitrogen and oxygen atoms in total. The highest BCUT2D eigenvalue weighted by Crippen LogP contribution is 2.19. The van der Waals surface area contributed by atoms with Crippen LogP contribution in [0.15, 0.2) is 11.1 Å². The van der Waals surface area contributed by atoms with Crippen LogP contribution in [0.25, 0.3) is 0 Å². The van der Waals surface area contributed by atoms with E-state index in [1.54, 1.807) is 7.05 Å². The fourth-order valence-corrected chi connectivity index (χ4v) is 2.77. The molecule has 3 N–H and O–H groups in total. The molecule has 7 heteroatoms. The van der Waals surface area contributed by atoms with E-state index in [1.165, 1.54) is 10.9 Å². The number of nitrogens with two attached hydrogens (primary N) is 1. The Balaban J connectivity index is 3.09. The van der Waals surface area contributed by atoms with Crippen molar-refractivity contribution in [2.45, 2.75) is 37.6 Å². The molecule has 0 spiro atoms. The van der Waals surface area contributed by atoms with Gasteiger partial charge in [-0.3, -0.25) is 4.68 Å². The zero-order valence-corrected chi connectivity index (χ0v) is 10.8. The number of nitrogens with zero attached hydrogens (tertiary/aromatic N) is 2. The van der Waals surface area contributed by atoms with Gasteiger partial charge in [0.2, 0.25) is 10.0 Å². The van der Waals surface area contributed by atoms with Crippen LogP contribution in [0.3, 0.4) is 0 Å². The lowest BCUT2D eigenvalue weighted by molar-refractivity contribution is 0.439. The molecule has 0 aromatic carbocycles. The van der Waals surface area contributed by atoms with Crippen molar-refractivity contribution in [1.82, 2.24) is 14.5 Å². The molecule has 0 aliphatic carbocycles. The van der Waals surface area contributed by atoms with E-state index in [0.29, 0.717) is 6.42 Å². The minimum atomic E-state index is -3.60. The predicted molar refractivity (Wildman–Crippen MR) is 62.3 cm³/mol. The third-order valence-electron chi connectivity index (χ3n) is 2.41. The van der Waals surface area contributed by atoms with Crippen LogP contribution in [0.1, 0.15) is 27.2 Å². The van der Waals surface area contributed by atoms with Crippen LogP contribution < -0.4 is 10.5 Å². The van der Waals surface area contributed by atoms with E-state index in [-0.39, 0.29) is 10.7 Å². The quantitative estimate of drug-likeness (QED) is 0.808. The van der Waals surface area contributed by atoms with Crippen LogP contribution in [0.4, 0.5) is 5.82 Å². The lowest BCUT2D eigenvalue weighted by Gasteiger charge is -2.23. The molecular weight excluding hydrogens is 228 g/mol. The van der Waals surface area contributed by atoms with Crippen molar-refractivity contribution in [2.75, 3.05) is 5.73 Å². The Kier molecular flexibility index (Phi) is 3.30. The predicted octanol–water partition coefficient (Wildman–Crippen LogP) is 0.469. The minimum absolute atomic E-state index is 0.0157. The second-order valence-electron chi connectivity index (χ2n) is 4.40. The second-order valence-corrected chi connectivity index (χ2v) is 6.05. The Labute approximate surface area is 95.9 Å². The van der Waals surface area contributed by atoms with Crippen LogP contribution in [0.2, 0.25) is 0 Å². The molecule has 0 aliphatic heterocycles. The van der Waals surface area contributed by atoms with Crippen molar-refractivity contribution in [3.8, 4) is 0 Å². The third kappa shape index (κ3) is 2.73. The standard InChI is InChI=1S/C9H18N4O2S/c1-5-9(2,3)12-16(14,15)7-6-13(4)11-8(7)10/h6,12H,5H2,1-4H3,(H2,10,11). The van der Waals surface area contributed by atoms with Gasteiger partial charge in [-0.2, -0.15) is 5.10 Å². The summed E-state index contributed by atoms with van der Waals surface area (Å²) in [6, 6.07) is 0. The first kappa shape index (κ1) is 13.0. The van der Waals surface area contributed by atoms with E-state index < -0.39 is 15.6 Å². The molecule has 1 rings (SSSR count). The SMILES string of the molecule is CCC(C)(C)NS(=O)(=O)c1cn(C)nc1N. The molecule has 0 atom stereocenters. The van der Waals surface area contributed by atoms with Gasteiger partial charge in [0.05, 0.1) is 0 Å². The third-order valence-corrected chi connectivity index (χ3v) is 4.12. The molecule has 1 heterocycles. The largest absolute Gasteiger partial charge is 0.381 e. The number of aryl methyl sites for hydroxylation is 1. The van der Waals surface area contributed by atoms with Gasteiger partial charge in [-0.05, 0) is 20.3 Å². The summed E-state index contributed by atoms with van der Waals surface area (Å²) in [7, 11) is -1.97. The van der Waals surface area contributed by atoms with Gasteiger partial charge in [0.15, 0.2) is 5.82 Å². The fraction of sp³-hybridized carbons (Fsp3) is 0.667. The van der Waals surface area contributed by atoms with Crippen molar-refractivity contribution in [3.63, 3.8) is 0 Å². The molecule has 1 aromatic heterocycles. The first-order valence-corrected chi connectivity index (χ1v) is 6.49. The fourth-order valence-electron chi connectivity index (χ4n) is 1.18. The van der Waals surface area contributed by atoms with Gasteiger partial charge in [0, 0.05) is 18.8 Å². The maximum atomic E-state index is 12.0. The number of hydrogen-bond donors (Lipinski definition) is 2. The number of rotatable bonds is 4. The van der Waals surface area contributed by atoms with Crippen LogP contribution in [-0.2, 0) is 17.1 Å². The summed E-state index contributed by atoms with van der Waals surface area (Å²) in [5, 5.41) is 3.81. The molecule has 0 saturated carbocycles. The van der Waals surface area contributed by atoms with E-state index in [9.17, 15) is 8.42 Å². The summed E-state index contributed by atoms with van der Waals surface area (Å²) in [6.45, 7) is 5.54. The number of sulfonamides is 1. The number of nitrogen functional groups attached to an aromatic ring is 1. The van der Waals surface area contributed by atoms with Crippen molar-refractivity contribution in [1.29, 1.82) is 0 Å². The van der Waals surface area contributed by atoms with E-state index in [4.69, 9.17) is 5.73 Å². The van der Waals surface area contributed by atoms with E-state index in [1.807, 2.05) is 20.8 Å². The van der Waals surface area contributed by atoms with Gasteiger partial charge in [-0.1, -0.05) is 6.92 Å².